The molecule has 46 heavy (non-hydrogen) atoms. The van der Waals surface area contributed by atoms with Crippen molar-refractivity contribution in [2.45, 2.75) is 19.6 Å². The van der Waals surface area contributed by atoms with Crippen LogP contribution in [0.1, 0.15) is 5.56 Å². The Morgan fingerprint density at radius 3 is 1.48 bits per heavy atom. The maximum atomic E-state index is 9.58. The quantitative estimate of drug-likeness (QED) is 0.185. The van der Waals surface area contributed by atoms with Gasteiger partial charge >= 0.3 is 0 Å². The van der Waals surface area contributed by atoms with E-state index in [1.54, 1.807) is 0 Å². The van der Waals surface area contributed by atoms with Gasteiger partial charge in [0.1, 0.15) is 0 Å². The summed E-state index contributed by atoms with van der Waals surface area (Å²) in [5, 5.41) is 12.1. The van der Waals surface area contributed by atoms with Crippen LogP contribution in [0.25, 0.3) is 38.6 Å². The minimum absolute atomic E-state index is 0.662. The van der Waals surface area contributed by atoms with Gasteiger partial charge in [0.15, 0.2) is 0 Å². The van der Waals surface area contributed by atoms with Gasteiger partial charge in [0.2, 0.25) is 0 Å². The monoisotopic (exact) mass is 606 g/mol. The van der Waals surface area contributed by atoms with E-state index in [4.69, 9.17) is 0 Å². The summed E-state index contributed by atoms with van der Waals surface area (Å²) >= 11 is 0. The fraction of sp³-hybridized carbons (Fsp3) is 0. The molecule has 0 N–H and O–H groups in total. The molecule has 7 aromatic carbocycles. The highest BCUT2D eigenvalue weighted by Crippen LogP contribution is 2.73. The second kappa shape index (κ2) is 11.6. The van der Waals surface area contributed by atoms with Crippen LogP contribution < -0.4 is 0 Å². The molecule has 218 valence electrons. The van der Waals surface area contributed by atoms with E-state index in [0.29, 0.717) is 5.56 Å². The van der Waals surface area contributed by atoms with E-state index in [9.17, 15) is 5.26 Å². The molecule has 0 fully saturated rings. The molecule has 2 nitrogen and oxygen atoms in total. The molecule has 8 rings (SSSR count). The molecule has 1 heterocycles. The summed E-state index contributed by atoms with van der Waals surface area (Å²) in [6.07, 6.45) is 0. The lowest BCUT2D eigenvalue weighted by atomic mass is 10.1. The largest absolute Gasteiger partial charge is 0.309 e. The van der Waals surface area contributed by atoms with Crippen molar-refractivity contribution in [1.29, 1.82) is 5.26 Å². The highest BCUT2D eigenvalue weighted by atomic mass is 32.3. The van der Waals surface area contributed by atoms with E-state index in [2.05, 4.69) is 180 Å². The minimum atomic E-state index is -1.87. The van der Waals surface area contributed by atoms with Gasteiger partial charge < -0.3 is 4.57 Å². The molecule has 0 aliphatic carbocycles. The fourth-order valence-electron chi connectivity index (χ4n) is 6.67. The average molecular weight is 607 g/mol. The predicted molar refractivity (Wildman–Crippen MR) is 191 cm³/mol. The lowest BCUT2D eigenvalue weighted by molar-refractivity contribution is 1.18. The van der Waals surface area contributed by atoms with E-state index >= 15 is 0 Å². The topological polar surface area (TPSA) is 28.7 Å². The van der Waals surface area contributed by atoms with Gasteiger partial charge in [-0.15, -0.1) is 10.0 Å². The normalized spacial score (nSPS) is 11.8. The van der Waals surface area contributed by atoms with E-state index in [0.717, 1.165) is 5.69 Å². The lowest BCUT2D eigenvalue weighted by Gasteiger charge is -2.42. The van der Waals surface area contributed by atoms with Gasteiger partial charge in [-0.1, -0.05) is 97.1 Å². The second-order valence-corrected chi connectivity index (χ2v) is 14.4. The van der Waals surface area contributed by atoms with Gasteiger partial charge in [0, 0.05) is 36.0 Å². The van der Waals surface area contributed by atoms with Crippen LogP contribution in [0, 0.1) is 11.3 Å². The van der Waals surface area contributed by atoms with Gasteiger partial charge in [-0.3, -0.25) is 0 Å². The molecule has 3 heteroatoms. The molecule has 0 atom stereocenters. The van der Waals surface area contributed by atoms with E-state index in [1.165, 1.54) is 52.5 Å². The summed E-state index contributed by atoms with van der Waals surface area (Å²) < 4.78 is 2.36. The zero-order valence-electron chi connectivity index (χ0n) is 25.1. The summed E-state index contributed by atoms with van der Waals surface area (Å²) in [4.78, 5) is 4.95. The number of nitrogens with zero attached hydrogens (tertiary/aromatic N) is 2. The first-order valence-electron chi connectivity index (χ1n) is 15.4. The molecular formula is C43H30N2S. The Labute approximate surface area is 270 Å². The Balaban J connectivity index is 1.29. The summed E-state index contributed by atoms with van der Waals surface area (Å²) in [5.41, 5.74) is 6.56. The molecule has 0 bridgehead atoms. The molecule has 0 unspecified atom stereocenters. The van der Waals surface area contributed by atoms with Crippen LogP contribution in [-0.4, -0.2) is 4.57 Å². The van der Waals surface area contributed by atoms with Gasteiger partial charge in [0.25, 0.3) is 0 Å². The van der Waals surface area contributed by atoms with Crippen molar-refractivity contribution >= 4 is 31.8 Å². The third-order valence-electron chi connectivity index (χ3n) is 8.76. The predicted octanol–water partition coefficient (Wildman–Crippen LogP) is 11.7. The number of para-hydroxylation sites is 2. The standard InChI is InChI=1S/C43H30N2S/c44-31-32-22-28-38(29-23-32)46(36-13-3-1-4-14-36,37-15-5-2-6-16-37)39-17-11-12-34(30-39)33-24-26-35(27-25-33)45-42-20-9-7-18-40(42)41-19-8-10-21-43(41)45/h1-30H. The van der Waals surface area contributed by atoms with Crippen molar-refractivity contribution in [2.75, 3.05) is 0 Å². The van der Waals surface area contributed by atoms with Crippen molar-refractivity contribution in [2.24, 2.45) is 0 Å². The molecule has 8 aromatic rings. The molecule has 0 saturated carbocycles. The Kier molecular flexibility index (Phi) is 6.99. The van der Waals surface area contributed by atoms with Crippen LogP contribution in [0.3, 0.4) is 0 Å². The maximum absolute atomic E-state index is 9.58. The van der Waals surface area contributed by atoms with Gasteiger partial charge in [-0.2, -0.15) is 5.26 Å². The van der Waals surface area contributed by atoms with Crippen molar-refractivity contribution in [3.63, 3.8) is 0 Å². The van der Waals surface area contributed by atoms with Crippen molar-refractivity contribution < 1.29 is 0 Å². The van der Waals surface area contributed by atoms with Crippen molar-refractivity contribution in [1.82, 2.24) is 4.57 Å². The Morgan fingerprint density at radius 2 is 0.913 bits per heavy atom. The van der Waals surface area contributed by atoms with E-state index in [1.807, 2.05) is 12.1 Å². The minimum Gasteiger partial charge on any atom is -0.309 e. The molecular weight excluding hydrogens is 577 g/mol. The molecule has 0 amide bonds. The van der Waals surface area contributed by atoms with Crippen LogP contribution >= 0.6 is 10.0 Å². The second-order valence-electron chi connectivity index (χ2n) is 11.3. The Hall–Kier alpha value is -5.82. The van der Waals surface area contributed by atoms with Gasteiger partial charge in [-0.05, 0) is 96.1 Å². The number of hydrogen-bond acceptors (Lipinski definition) is 1. The van der Waals surface area contributed by atoms with E-state index in [-0.39, 0.29) is 0 Å². The fourth-order valence-corrected chi connectivity index (χ4v) is 10.6. The first-order chi connectivity index (χ1) is 22.8. The molecule has 0 saturated heterocycles. The average Bonchev–Trinajstić information content (AvgIpc) is 3.48. The Bertz CT molecular complexity index is 2260. The first-order valence-corrected chi connectivity index (χ1v) is 17.0. The molecule has 1 aromatic heterocycles. The number of aromatic nitrogens is 1. The van der Waals surface area contributed by atoms with E-state index < -0.39 is 10.0 Å². The smallest absolute Gasteiger partial charge is 0.0991 e. The molecule has 0 spiro atoms. The number of fused-ring (bicyclic) bond motifs is 3. The van der Waals surface area contributed by atoms with Crippen molar-refractivity contribution in [3.8, 4) is 22.9 Å². The zero-order chi connectivity index (χ0) is 30.9. The Morgan fingerprint density at radius 1 is 0.413 bits per heavy atom. The first kappa shape index (κ1) is 27.7. The number of benzene rings is 7. The van der Waals surface area contributed by atoms with Crippen LogP contribution in [-0.2, 0) is 0 Å². The number of nitriles is 1. The SMILES string of the molecule is N#Cc1ccc(S(c2ccccc2)(c2ccccc2)c2cccc(-c3ccc(-n4c5ccccc5c5ccccc54)cc3)c2)cc1. The highest BCUT2D eigenvalue weighted by Gasteiger charge is 2.33. The van der Waals surface area contributed by atoms with Crippen LogP contribution in [0.2, 0.25) is 0 Å². The maximum Gasteiger partial charge on any atom is 0.0991 e. The molecule has 0 aliphatic rings. The molecule has 0 radical (unpaired) electrons. The third kappa shape index (κ3) is 4.51. The number of hydrogen-bond donors (Lipinski definition) is 0. The lowest BCUT2D eigenvalue weighted by Crippen LogP contribution is -2.05. The van der Waals surface area contributed by atoms with Gasteiger partial charge in [0.05, 0.1) is 22.7 Å². The van der Waals surface area contributed by atoms with Crippen LogP contribution in [0.15, 0.2) is 202 Å². The summed E-state index contributed by atoms with van der Waals surface area (Å²) in [5.74, 6) is 0. The zero-order valence-corrected chi connectivity index (χ0v) is 25.9. The summed E-state index contributed by atoms with van der Waals surface area (Å²) in [6, 6.07) is 67.3. The highest BCUT2D eigenvalue weighted by molar-refractivity contribution is 8.34. The third-order valence-corrected chi connectivity index (χ3v) is 12.7. The van der Waals surface area contributed by atoms with Gasteiger partial charge in [-0.25, -0.2) is 0 Å². The number of rotatable bonds is 6. The van der Waals surface area contributed by atoms with Crippen LogP contribution in [0.4, 0.5) is 0 Å². The van der Waals surface area contributed by atoms with Crippen LogP contribution in [0.5, 0.6) is 0 Å². The van der Waals surface area contributed by atoms with Crippen molar-refractivity contribution in [3.05, 3.63) is 188 Å². The molecule has 0 aliphatic heterocycles. The summed E-state index contributed by atoms with van der Waals surface area (Å²) in [7, 11) is -1.87. The summed E-state index contributed by atoms with van der Waals surface area (Å²) in [6.45, 7) is 0.